The Labute approximate surface area is 101 Å². The summed E-state index contributed by atoms with van der Waals surface area (Å²) in [6.45, 7) is 1.59. The van der Waals surface area contributed by atoms with E-state index in [1.165, 1.54) is 11.1 Å². The third-order valence-corrected chi connectivity index (χ3v) is 3.07. The van der Waals surface area contributed by atoms with Crippen molar-refractivity contribution in [2.75, 3.05) is 13.2 Å². The molecule has 0 radical (unpaired) electrons. The number of para-hydroxylation sites is 1. The van der Waals surface area contributed by atoms with Gasteiger partial charge in [0.25, 0.3) is 0 Å². The van der Waals surface area contributed by atoms with Crippen molar-refractivity contribution in [3.8, 4) is 5.75 Å². The Morgan fingerprint density at radius 3 is 2.59 bits per heavy atom. The standard InChI is InChI=1S/C15H15NO/c1-2-6-12(7-3-1)15-13-8-4-5-9-14(13)17-11-10-16-15/h1-9,15-16H,10-11H2. The molecule has 0 aliphatic carbocycles. The van der Waals surface area contributed by atoms with Crippen molar-refractivity contribution in [1.29, 1.82) is 0 Å². The Balaban J connectivity index is 2.06. The molecule has 0 bridgehead atoms. The molecule has 1 atom stereocenters. The molecule has 0 saturated heterocycles. The highest BCUT2D eigenvalue weighted by Crippen LogP contribution is 2.31. The number of fused-ring (bicyclic) bond motifs is 1. The molecule has 3 rings (SSSR count). The van der Waals surface area contributed by atoms with Crippen molar-refractivity contribution in [3.63, 3.8) is 0 Å². The Kier molecular flexibility index (Phi) is 2.80. The molecule has 0 spiro atoms. The van der Waals surface area contributed by atoms with Crippen LogP contribution in [0.1, 0.15) is 17.2 Å². The molecule has 0 saturated carbocycles. The zero-order valence-electron chi connectivity index (χ0n) is 9.60. The molecule has 0 fully saturated rings. The van der Waals surface area contributed by atoms with Gasteiger partial charge in [-0.2, -0.15) is 0 Å². The highest BCUT2D eigenvalue weighted by molar-refractivity contribution is 5.42. The van der Waals surface area contributed by atoms with E-state index in [4.69, 9.17) is 4.74 Å². The van der Waals surface area contributed by atoms with E-state index in [-0.39, 0.29) is 6.04 Å². The summed E-state index contributed by atoms with van der Waals surface area (Å²) >= 11 is 0. The van der Waals surface area contributed by atoms with Crippen LogP contribution in [0.15, 0.2) is 54.6 Å². The quantitative estimate of drug-likeness (QED) is 0.805. The number of hydrogen-bond donors (Lipinski definition) is 1. The first-order valence-electron chi connectivity index (χ1n) is 5.95. The normalized spacial score (nSPS) is 18.9. The molecule has 1 heterocycles. The number of ether oxygens (including phenoxy) is 1. The molecule has 86 valence electrons. The second kappa shape index (κ2) is 4.60. The lowest BCUT2D eigenvalue weighted by molar-refractivity contribution is 0.325. The van der Waals surface area contributed by atoms with Crippen molar-refractivity contribution < 1.29 is 4.74 Å². The predicted molar refractivity (Wildman–Crippen MR) is 68.2 cm³/mol. The number of nitrogens with one attached hydrogen (secondary N) is 1. The van der Waals surface area contributed by atoms with E-state index in [1.54, 1.807) is 0 Å². The van der Waals surface area contributed by atoms with E-state index >= 15 is 0 Å². The second-order valence-corrected chi connectivity index (χ2v) is 4.18. The summed E-state index contributed by atoms with van der Waals surface area (Å²) in [6, 6.07) is 19.0. The minimum Gasteiger partial charge on any atom is -0.492 e. The summed E-state index contributed by atoms with van der Waals surface area (Å²) in [5.41, 5.74) is 2.50. The van der Waals surface area contributed by atoms with E-state index in [9.17, 15) is 0 Å². The van der Waals surface area contributed by atoms with Gasteiger partial charge in [0.15, 0.2) is 0 Å². The molecule has 1 unspecified atom stereocenters. The zero-order chi connectivity index (χ0) is 11.5. The van der Waals surface area contributed by atoms with Gasteiger partial charge in [-0.25, -0.2) is 0 Å². The lowest BCUT2D eigenvalue weighted by Crippen LogP contribution is -2.23. The first-order valence-corrected chi connectivity index (χ1v) is 5.95. The van der Waals surface area contributed by atoms with Crippen LogP contribution >= 0.6 is 0 Å². The van der Waals surface area contributed by atoms with Crippen LogP contribution < -0.4 is 10.1 Å². The Morgan fingerprint density at radius 1 is 0.941 bits per heavy atom. The molecular formula is C15H15NO. The molecule has 1 N–H and O–H groups in total. The van der Waals surface area contributed by atoms with Crippen molar-refractivity contribution in [3.05, 3.63) is 65.7 Å². The van der Waals surface area contributed by atoms with Gasteiger partial charge in [0.05, 0.1) is 6.04 Å². The fourth-order valence-corrected chi connectivity index (χ4v) is 2.27. The summed E-state index contributed by atoms with van der Waals surface area (Å²) in [5.74, 6) is 0.992. The summed E-state index contributed by atoms with van der Waals surface area (Å²) in [5, 5.41) is 3.53. The molecule has 2 aromatic carbocycles. The van der Waals surface area contributed by atoms with Gasteiger partial charge in [-0.1, -0.05) is 48.5 Å². The second-order valence-electron chi connectivity index (χ2n) is 4.18. The average molecular weight is 225 g/mol. The molecular weight excluding hydrogens is 210 g/mol. The molecule has 17 heavy (non-hydrogen) atoms. The molecule has 2 nitrogen and oxygen atoms in total. The number of hydrogen-bond acceptors (Lipinski definition) is 2. The Hall–Kier alpha value is -1.80. The van der Waals surface area contributed by atoms with Crippen LogP contribution in [0.4, 0.5) is 0 Å². The molecule has 2 aromatic rings. The van der Waals surface area contributed by atoms with Crippen LogP contribution in [0.25, 0.3) is 0 Å². The third kappa shape index (κ3) is 2.04. The minimum absolute atomic E-state index is 0.231. The van der Waals surface area contributed by atoms with E-state index in [1.807, 2.05) is 18.2 Å². The van der Waals surface area contributed by atoms with Gasteiger partial charge in [-0.3, -0.25) is 0 Å². The van der Waals surface area contributed by atoms with Crippen molar-refractivity contribution >= 4 is 0 Å². The van der Waals surface area contributed by atoms with Crippen molar-refractivity contribution in [2.24, 2.45) is 0 Å². The smallest absolute Gasteiger partial charge is 0.124 e. The number of rotatable bonds is 1. The van der Waals surface area contributed by atoms with Crippen molar-refractivity contribution in [1.82, 2.24) is 5.32 Å². The number of benzene rings is 2. The van der Waals surface area contributed by atoms with Gasteiger partial charge >= 0.3 is 0 Å². The van der Waals surface area contributed by atoms with Crippen LogP contribution in [-0.4, -0.2) is 13.2 Å². The van der Waals surface area contributed by atoms with Gasteiger partial charge in [0.2, 0.25) is 0 Å². The monoisotopic (exact) mass is 225 g/mol. The molecule has 1 aliphatic rings. The molecule has 0 amide bonds. The summed E-state index contributed by atoms with van der Waals surface area (Å²) in [7, 11) is 0. The van der Waals surface area contributed by atoms with Crippen LogP contribution in [0.3, 0.4) is 0 Å². The van der Waals surface area contributed by atoms with Crippen LogP contribution in [-0.2, 0) is 0 Å². The van der Waals surface area contributed by atoms with Gasteiger partial charge in [-0.05, 0) is 11.6 Å². The molecule has 0 aromatic heterocycles. The van der Waals surface area contributed by atoms with E-state index in [0.29, 0.717) is 0 Å². The Bertz CT molecular complexity index is 495. The lowest BCUT2D eigenvalue weighted by Gasteiger charge is -2.17. The zero-order valence-corrected chi connectivity index (χ0v) is 9.60. The fraction of sp³-hybridized carbons (Fsp3) is 0.200. The van der Waals surface area contributed by atoms with Gasteiger partial charge < -0.3 is 10.1 Å². The Morgan fingerprint density at radius 2 is 1.71 bits per heavy atom. The van der Waals surface area contributed by atoms with Crippen LogP contribution in [0.2, 0.25) is 0 Å². The molecule has 1 aliphatic heterocycles. The van der Waals surface area contributed by atoms with Gasteiger partial charge in [-0.15, -0.1) is 0 Å². The largest absolute Gasteiger partial charge is 0.492 e. The summed E-state index contributed by atoms with van der Waals surface area (Å²) in [6.07, 6.45) is 0. The van der Waals surface area contributed by atoms with Gasteiger partial charge in [0, 0.05) is 12.1 Å². The average Bonchev–Trinajstić information content (AvgIpc) is 2.62. The maximum absolute atomic E-state index is 5.74. The minimum atomic E-state index is 0.231. The highest BCUT2D eigenvalue weighted by atomic mass is 16.5. The first-order chi connectivity index (χ1) is 8.45. The lowest BCUT2D eigenvalue weighted by atomic mass is 9.98. The predicted octanol–water partition coefficient (Wildman–Crippen LogP) is 2.76. The molecule has 2 heteroatoms. The van der Waals surface area contributed by atoms with Crippen LogP contribution in [0.5, 0.6) is 5.75 Å². The van der Waals surface area contributed by atoms with E-state index < -0.39 is 0 Å². The summed E-state index contributed by atoms with van der Waals surface area (Å²) in [4.78, 5) is 0. The van der Waals surface area contributed by atoms with E-state index in [2.05, 4.69) is 41.7 Å². The van der Waals surface area contributed by atoms with Crippen molar-refractivity contribution in [2.45, 2.75) is 6.04 Å². The van der Waals surface area contributed by atoms with Crippen LogP contribution in [0, 0.1) is 0 Å². The SMILES string of the molecule is c1ccc(C2NCCOc3ccccc32)cc1. The highest BCUT2D eigenvalue weighted by Gasteiger charge is 2.19. The maximum Gasteiger partial charge on any atom is 0.124 e. The van der Waals surface area contributed by atoms with E-state index in [0.717, 1.165) is 18.9 Å². The third-order valence-electron chi connectivity index (χ3n) is 3.07. The topological polar surface area (TPSA) is 21.3 Å². The maximum atomic E-state index is 5.74. The summed E-state index contributed by atoms with van der Waals surface area (Å²) < 4.78 is 5.74. The first kappa shape index (κ1) is 10.4. The fourth-order valence-electron chi connectivity index (χ4n) is 2.27. The van der Waals surface area contributed by atoms with Gasteiger partial charge in [0.1, 0.15) is 12.4 Å².